The van der Waals surface area contributed by atoms with Crippen LogP contribution in [0.3, 0.4) is 0 Å². The molecule has 3 heterocycles. The summed E-state index contributed by atoms with van der Waals surface area (Å²) in [6.45, 7) is 2.22. The minimum Gasteiger partial charge on any atom is -0.461 e. The van der Waals surface area contributed by atoms with Crippen molar-refractivity contribution in [1.82, 2.24) is 14.8 Å². The Balaban J connectivity index is 1.24. The van der Waals surface area contributed by atoms with Crippen LogP contribution in [0.25, 0.3) is 11.6 Å². The highest BCUT2D eigenvalue weighted by atomic mass is 32.2. The van der Waals surface area contributed by atoms with Gasteiger partial charge in [0.25, 0.3) is 5.91 Å². The van der Waals surface area contributed by atoms with Gasteiger partial charge in [-0.05, 0) is 43.3 Å². The van der Waals surface area contributed by atoms with Gasteiger partial charge in [0.15, 0.2) is 23.3 Å². The number of esters is 1. The van der Waals surface area contributed by atoms with E-state index in [-0.39, 0.29) is 18.3 Å². The molecule has 0 saturated heterocycles. The van der Waals surface area contributed by atoms with Gasteiger partial charge in [-0.3, -0.25) is 19.1 Å². The molecule has 0 bridgehead atoms. The summed E-state index contributed by atoms with van der Waals surface area (Å²) < 4.78 is 12.6. The topological polar surface area (TPSA) is 90.5 Å². The van der Waals surface area contributed by atoms with Crippen molar-refractivity contribution < 1.29 is 18.7 Å². The number of aromatic nitrogens is 3. The summed E-state index contributed by atoms with van der Waals surface area (Å²) in [5.74, 6) is 0.396. The largest absolute Gasteiger partial charge is 0.461 e. The molecule has 1 aliphatic heterocycles. The molecule has 1 aliphatic rings. The lowest BCUT2D eigenvalue weighted by molar-refractivity contribution is -0.144. The van der Waals surface area contributed by atoms with Crippen LogP contribution in [-0.2, 0) is 20.9 Å². The van der Waals surface area contributed by atoms with Crippen molar-refractivity contribution in [3.8, 4) is 11.6 Å². The van der Waals surface area contributed by atoms with Crippen LogP contribution in [0.1, 0.15) is 6.92 Å². The predicted octanol–water partition coefficient (Wildman–Crippen LogP) is 5.02. The Morgan fingerprint density at radius 3 is 2.35 bits per heavy atom. The number of furan rings is 1. The zero-order valence-electron chi connectivity index (χ0n) is 18.2. The standard InChI is InChI=1S/C24H20N4O4S2/c1-2-27-23(18-10-7-13-31-18)25-26-24(27)33-15-22(30)32-14-21(29)28-16-8-3-5-11-19(16)34-20-12-6-4-9-17(20)28/h3-13H,2,14-15H2,1H3. The average molecular weight is 493 g/mol. The fourth-order valence-corrected chi connectivity index (χ4v) is 5.47. The van der Waals surface area contributed by atoms with Crippen molar-refractivity contribution in [2.75, 3.05) is 17.3 Å². The lowest BCUT2D eigenvalue weighted by Crippen LogP contribution is -2.32. The van der Waals surface area contributed by atoms with E-state index in [1.54, 1.807) is 35.1 Å². The van der Waals surface area contributed by atoms with E-state index in [2.05, 4.69) is 10.2 Å². The Hall–Kier alpha value is -3.50. The van der Waals surface area contributed by atoms with E-state index in [9.17, 15) is 9.59 Å². The molecule has 4 aromatic rings. The fraction of sp³-hybridized carbons (Fsp3) is 0.167. The van der Waals surface area contributed by atoms with Crippen molar-refractivity contribution in [2.45, 2.75) is 28.4 Å². The molecule has 5 rings (SSSR count). The number of carbonyl (C=O) groups excluding carboxylic acids is 2. The van der Waals surface area contributed by atoms with Crippen LogP contribution in [0.5, 0.6) is 0 Å². The Kier molecular flexibility index (Phi) is 6.41. The second kappa shape index (κ2) is 9.78. The van der Waals surface area contributed by atoms with Crippen LogP contribution in [0, 0.1) is 0 Å². The van der Waals surface area contributed by atoms with E-state index in [0.29, 0.717) is 23.3 Å². The van der Waals surface area contributed by atoms with E-state index >= 15 is 0 Å². The molecule has 8 nitrogen and oxygen atoms in total. The normalized spacial score (nSPS) is 12.2. The molecule has 2 aromatic carbocycles. The first-order chi connectivity index (χ1) is 16.7. The molecule has 0 N–H and O–H groups in total. The Morgan fingerprint density at radius 1 is 1.00 bits per heavy atom. The van der Waals surface area contributed by atoms with Gasteiger partial charge in [0.1, 0.15) is 0 Å². The molecule has 0 atom stereocenters. The van der Waals surface area contributed by atoms with Crippen molar-refractivity contribution >= 4 is 46.8 Å². The van der Waals surface area contributed by atoms with Crippen molar-refractivity contribution in [3.63, 3.8) is 0 Å². The molecular formula is C24H20N4O4S2. The summed E-state index contributed by atoms with van der Waals surface area (Å²) in [6.07, 6.45) is 1.57. The molecular weight excluding hydrogens is 472 g/mol. The van der Waals surface area contributed by atoms with Crippen LogP contribution >= 0.6 is 23.5 Å². The van der Waals surface area contributed by atoms with Crippen LogP contribution in [0.4, 0.5) is 11.4 Å². The average Bonchev–Trinajstić information content (AvgIpc) is 3.54. The predicted molar refractivity (Wildman–Crippen MR) is 129 cm³/mol. The molecule has 0 saturated carbocycles. The maximum atomic E-state index is 13.1. The molecule has 172 valence electrons. The zero-order chi connectivity index (χ0) is 23.5. The van der Waals surface area contributed by atoms with E-state index < -0.39 is 5.97 Å². The van der Waals surface area contributed by atoms with E-state index in [1.807, 2.05) is 60.0 Å². The summed E-state index contributed by atoms with van der Waals surface area (Å²) in [7, 11) is 0. The molecule has 0 radical (unpaired) electrons. The first-order valence-corrected chi connectivity index (χ1v) is 12.4. The first kappa shape index (κ1) is 22.3. The summed E-state index contributed by atoms with van der Waals surface area (Å²) >= 11 is 2.82. The molecule has 2 aromatic heterocycles. The third-order valence-corrected chi connectivity index (χ3v) is 7.20. The third-order valence-electron chi connectivity index (χ3n) is 5.13. The van der Waals surface area contributed by atoms with Gasteiger partial charge in [-0.2, -0.15) is 0 Å². The van der Waals surface area contributed by atoms with Gasteiger partial charge in [-0.15, -0.1) is 10.2 Å². The summed E-state index contributed by atoms with van der Waals surface area (Å²) in [5.41, 5.74) is 1.56. The summed E-state index contributed by atoms with van der Waals surface area (Å²) in [5, 5.41) is 8.91. The van der Waals surface area contributed by atoms with Gasteiger partial charge < -0.3 is 9.15 Å². The lowest BCUT2D eigenvalue weighted by atomic mass is 10.2. The van der Waals surface area contributed by atoms with Gasteiger partial charge in [0.05, 0.1) is 23.4 Å². The first-order valence-electron chi connectivity index (χ1n) is 10.6. The van der Waals surface area contributed by atoms with Gasteiger partial charge in [0, 0.05) is 16.3 Å². The summed E-state index contributed by atoms with van der Waals surface area (Å²) in [4.78, 5) is 29.1. The number of ether oxygens (including phenoxy) is 1. The minimum absolute atomic E-state index is 0.00654. The maximum absolute atomic E-state index is 13.1. The Morgan fingerprint density at radius 2 is 1.71 bits per heavy atom. The third kappa shape index (κ3) is 4.34. The summed E-state index contributed by atoms with van der Waals surface area (Å²) in [6, 6.07) is 19.0. The number of hydrogen-bond donors (Lipinski definition) is 0. The molecule has 0 aliphatic carbocycles. The monoisotopic (exact) mass is 492 g/mol. The number of amides is 1. The molecule has 1 amide bonds. The van der Waals surface area contributed by atoms with Gasteiger partial charge in [-0.25, -0.2) is 0 Å². The molecule has 0 unspecified atom stereocenters. The second-order valence-corrected chi connectivity index (χ2v) is 9.27. The van der Waals surface area contributed by atoms with Crippen molar-refractivity contribution in [1.29, 1.82) is 0 Å². The van der Waals surface area contributed by atoms with Crippen LogP contribution in [0.2, 0.25) is 0 Å². The number of rotatable bonds is 7. The molecule has 0 fully saturated rings. The number of thioether (sulfide) groups is 1. The highest BCUT2D eigenvalue weighted by molar-refractivity contribution is 8.00. The van der Waals surface area contributed by atoms with Crippen molar-refractivity contribution in [3.05, 3.63) is 66.9 Å². The second-order valence-electron chi connectivity index (χ2n) is 7.24. The van der Waals surface area contributed by atoms with Crippen LogP contribution in [-0.4, -0.2) is 39.0 Å². The molecule has 34 heavy (non-hydrogen) atoms. The number of fused-ring (bicyclic) bond motifs is 2. The van der Waals surface area contributed by atoms with E-state index in [1.165, 1.54) is 11.8 Å². The smallest absolute Gasteiger partial charge is 0.316 e. The van der Waals surface area contributed by atoms with E-state index in [0.717, 1.165) is 21.2 Å². The number of anilines is 2. The highest BCUT2D eigenvalue weighted by Crippen LogP contribution is 2.47. The zero-order valence-corrected chi connectivity index (χ0v) is 19.8. The van der Waals surface area contributed by atoms with Crippen LogP contribution < -0.4 is 4.90 Å². The number of carbonyl (C=O) groups is 2. The quantitative estimate of drug-likeness (QED) is 0.262. The molecule has 10 heteroatoms. The maximum Gasteiger partial charge on any atom is 0.316 e. The highest BCUT2D eigenvalue weighted by Gasteiger charge is 2.28. The fourth-order valence-electron chi connectivity index (χ4n) is 3.61. The van der Waals surface area contributed by atoms with E-state index in [4.69, 9.17) is 9.15 Å². The lowest BCUT2D eigenvalue weighted by Gasteiger charge is -2.30. The van der Waals surface area contributed by atoms with Gasteiger partial charge >= 0.3 is 5.97 Å². The van der Waals surface area contributed by atoms with Crippen LogP contribution in [0.15, 0.2) is 86.3 Å². The Bertz CT molecular complexity index is 1290. The molecule has 0 spiro atoms. The van der Waals surface area contributed by atoms with Gasteiger partial charge in [0.2, 0.25) is 0 Å². The Labute approximate surface area is 204 Å². The number of nitrogens with zero attached hydrogens (tertiary/aromatic N) is 4. The number of para-hydroxylation sites is 2. The SMILES string of the molecule is CCn1c(SCC(=O)OCC(=O)N2c3ccccc3Sc3ccccc32)nnc1-c1ccco1. The number of benzene rings is 2. The number of hydrogen-bond acceptors (Lipinski definition) is 8. The van der Waals surface area contributed by atoms with Gasteiger partial charge in [-0.1, -0.05) is 47.8 Å². The minimum atomic E-state index is -0.503. The van der Waals surface area contributed by atoms with Crippen molar-refractivity contribution in [2.24, 2.45) is 0 Å².